The molecule has 1 unspecified atom stereocenters. The van der Waals surface area contributed by atoms with Gasteiger partial charge in [0.1, 0.15) is 12.0 Å². The first kappa shape index (κ1) is 19.9. The third kappa shape index (κ3) is 4.30. The maximum Gasteiger partial charge on any atom is 0.227 e. The number of H-pyrrole nitrogens is 1. The van der Waals surface area contributed by atoms with Gasteiger partial charge in [0.15, 0.2) is 0 Å². The van der Waals surface area contributed by atoms with E-state index < -0.39 is 18.2 Å². The molecule has 8 heteroatoms. The minimum atomic E-state index is -0.852. The molecule has 1 amide bonds. The van der Waals surface area contributed by atoms with Crippen LogP contribution in [0.3, 0.4) is 0 Å². The van der Waals surface area contributed by atoms with Gasteiger partial charge in [-0.25, -0.2) is 4.39 Å². The highest BCUT2D eigenvalue weighted by Gasteiger charge is 2.33. The van der Waals surface area contributed by atoms with Crippen molar-refractivity contribution in [3.8, 4) is 11.3 Å². The summed E-state index contributed by atoms with van der Waals surface area (Å²) in [5.41, 5.74) is 2.69. The van der Waals surface area contributed by atoms with Gasteiger partial charge >= 0.3 is 0 Å². The third-order valence-electron chi connectivity index (χ3n) is 5.04. The monoisotopic (exact) mass is 415 g/mol. The largest absolute Gasteiger partial charge is 0.390 e. The summed E-state index contributed by atoms with van der Waals surface area (Å²) in [6.45, 7) is 0.444. The number of halogens is 1. The van der Waals surface area contributed by atoms with Crippen molar-refractivity contribution >= 4 is 28.6 Å². The first-order valence-electron chi connectivity index (χ1n) is 9.39. The summed E-state index contributed by atoms with van der Waals surface area (Å²) in [7, 11) is 0. The van der Waals surface area contributed by atoms with Crippen molar-refractivity contribution in [1.29, 1.82) is 0 Å². The van der Waals surface area contributed by atoms with Gasteiger partial charge in [0, 0.05) is 34.6 Å². The van der Waals surface area contributed by atoms with E-state index in [-0.39, 0.29) is 24.8 Å². The van der Waals surface area contributed by atoms with Crippen molar-refractivity contribution in [3.05, 3.63) is 54.3 Å². The number of nitrogens with one attached hydrogen (secondary N) is 3. The molecule has 0 spiro atoms. The molecule has 6 nitrogen and oxygen atoms in total. The van der Waals surface area contributed by atoms with Crippen LogP contribution in [0.1, 0.15) is 0 Å². The highest BCUT2D eigenvalue weighted by Crippen LogP contribution is 2.37. The van der Waals surface area contributed by atoms with Gasteiger partial charge in [-0.15, -0.1) is 11.8 Å². The number of aliphatic hydroxyl groups excluding tert-OH is 2. The Labute approximate surface area is 171 Å². The fraction of sp³-hybridized carbons (Fsp3) is 0.286. The molecule has 0 saturated carbocycles. The van der Waals surface area contributed by atoms with Gasteiger partial charge in [-0.3, -0.25) is 10.1 Å². The van der Waals surface area contributed by atoms with Crippen LogP contribution in [0.2, 0.25) is 0 Å². The van der Waals surface area contributed by atoms with Crippen LogP contribution >= 0.6 is 11.8 Å². The van der Waals surface area contributed by atoms with E-state index in [2.05, 4.69) is 15.6 Å². The summed E-state index contributed by atoms with van der Waals surface area (Å²) >= 11 is 1.47. The van der Waals surface area contributed by atoms with E-state index in [0.717, 1.165) is 27.1 Å². The lowest BCUT2D eigenvalue weighted by Crippen LogP contribution is -2.39. The molecule has 2 heterocycles. The highest BCUT2D eigenvalue weighted by atomic mass is 32.2. The maximum absolute atomic E-state index is 13.3. The van der Waals surface area contributed by atoms with E-state index in [0.29, 0.717) is 5.75 Å². The molecule has 4 rings (SSSR count). The molecule has 29 heavy (non-hydrogen) atoms. The van der Waals surface area contributed by atoms with Crippen LogP contribution in [0.4, 0.5) is 4.39 Å². The number of fused-ring (bicyclic) bond motifs is 1. The molecule has 1 aliphatic heterocycles. The van der Waals surface area contributed by atoms with Crippen molar-refractivity contribution in [2.75, 3.05) is 18.8 Å². The summed E-state index contributed by atoms with van der Waals surface area (Å²) < 4.78 is 13.3. The zero-order chi connectivity index (χ0) is 20.4. The van der Waals surface area contributed by atoms with Crippen LogP contribution < -0.4 is 10.6 Å². The number of thioether (sulfide) groups is 1. The van der Waals surface area contributed by atoms with Crippen LogP contribution in [0.5, 0.6) is 0 Å². The number of hydrogen-bond donors (Lipinski definition) is 5. The summed E-state index contributed by atoms with van der Waals surface area (Å²) in [4.78, 5) is 16.0. The Morgan fingerprint density at radius 3 is 2.69 bits per heavy atom. The van der Waals surface area contributed by atoms with Gasteiger partial charge < -0.3 is 20.5 Å². The molecule has 2 aromatic carbocycles. The van der Waals surface area contributed by atoms with Gasteiger partial charge in [0.05, 0.1) is 17.7 Å². The Hall–Kier alpha value is -2.39. The average Bonchev–Trinajstić information content (AvgIpc) is 3.25. The van der Waals surface area contributed by atoms with Crippen LogP contribution in [0, 0.1) is 11.7 Å². The summed E-state index contributed by atoms with van der Waals surface area (Å²) in [6.07, 6.45) is -1.59. The number of β-amino-alcohol motifs (C(OH)–C–C–N with tert-alkyl or cyclic N) is 1. The molecule has 1 saturated heterocycles. The van der Waals surface area contributed by atoms with Gasteiger partial charge in [0.25, 0.3) is 0 Å². The number of carbonyl (C=O) groups is 1. The number of benzene rings is 2. The molecule has 1 fully saturated rings. The molecule has 1 aromatic heterocycles. The number of aromatic amines is 1. The molecule has 5 N–H and O–H groups in total. The Kier molecular flexibility index (Phi) is 5.86. The lowest BCUT2D eigenvalue weighted by Gasteiger charge is -2.17. The average molecular weight is 415 g/mol. The topological polar surface area (TPSA) is 97.4 Å². The minimum absolute atomic E-state index is 0.202. The predicted octanol–water partition coefficient (Wildman–Crippen LogP) is 2.08. The molecule has 3 aromatic rings. The molecular weight excluding hydrogens is 393 g/mol. The number of para-hydroxylation sites is 1. The van der Waals surface area contributed by atoms with Crippen LogP contribution in [-0.2, 0) is 4.79 Å². The van der Waals surface area contributed by atoms with E-state index in [1.807, 2.05) is 24.3 Å². The molecule has 3 atom stereocenters. The molecule has 152 valence electrons. The molecule has 0 bridgehead atoms. The Morgan fingerprint density at radius 2 is 1.97 bits per heavy atom. The first-order chi connectivity index (χ1) is 14.0. The molecule has 0 aliphatic carbocycles. The Balaban J connectivity index is 1.49. The van der Waals surface area contributed by atoms with E-state index in [1.54, 1.807) is 12.1 Å². The number of aromatic nitrogens is 1. The Morgan fingerprint density at radius 1 is 1.21 bits per heavy atom. The molecule has 0 radical (unpaired) electrons. The maximum atomic E-state index is 13.3. The van der Waals surface area contributed by atoms with Crippen molar-refractivity contribution in [2.45, 2.75) is 17.2 Å². The lowest BCUT2D eigenvalue weighted by atomic mass is 10.1. The zero-order valence-electron chi connectivity index (χ0n) is 15.6. The van der Waals surface area contributed by atoms with Crippen LogP contribution in [-0.4, -0.2) is 52.3 Å². The van der Waals surface area contributed by atoms with Crippen molar-refractivity contribution in [3.63, 3.8) is 0 Å². The zero-order valence-corrected chi connectivity index (χ0v) is 16.4. The third-order valence-corrected chi connectivity index (χ3v) is 6.23. The van der Waals surface area contributed by atoms with Crippen molar-refractivity contribution in [1.82, 2.24) is 15.6 Å². The van der Waals surface area contributed by atoms with E-state index >= 15 is 0 Å². The smallest absolute Gasteiger partial charge is 0.227 e. The van der Waals surface area contributed by atoms with Crippen molar-refractivity contribution in [2.24, 2.45) is 5.92 Å². The fourth-order valence-electron chi connectivity index (χ4n) is 3.45. The second kappa shape index (κ2) is 8.54. The second-order valence-electron chi connectivity index (χ2n) is 7.04. The second-order valence-corrected chi connectivity index (χ2v) is 8.07. The lowest BCUT2D eigenvalue weighted by molar-refractivity contribution is -0.123. The number of hydrogen-bond acceptors (Lipinski definition) is 5. The van der Waals surface area contributed by atoms with Gasteiger partial charge in [0.2, 0.25) is 5.91 Å². The normalized spacial score (nSPS) is 20.2. The van der Waals surface area contributed by atoms with Gasteiger partial charge in [-0.05, 0) is 35.9 Å². The summed E-state index contributed by atoms with van der Waals surface area (Å²) in [5, 5.41) is 26.7. The van der Waals surface area contributed by atoms with Gasteiger partial charge in [-0.2, -0.15) is 0 Å². The number of carbonyl (C=O) groups excluding carboxylic acids is 1. The quantitative estimate of drug-likeness (QED) is 0.301. The number of amides is 1. The van der Waals surface area contributed by atoms with E-state index in [4.69, 9.17) is 0 Å². The van der Waals surface area contributed by atoms with Crippen LogP contribution in [0.25, 0.3) is 22.2 Å². The fourth-order valence-corrected chi connectivity index (χ4v) is 4.54. The SMILES string of the molecule is O=C1NC[C@@H](O)[C@@H]1CNC(O)CSc1c(-c2ccc(F)cc2)[nH]c2ccccc12. The molecular formula is C21H22FN3O3S. The van der Waals surface area contributed by atoms with Crippen molar-refractivity contribution < 1.29 is 19.4 Å². The highest BCUT2D eigenvalue weighted by molar-refractivity contribution is 7.99. The number of aliphatic hydroxyl groups is 2. The van der Waals surface area contributed by atoms with Gasteiger partial charge in [-0.1, -0.05) is 18.2 Å². The molecule has 1 aliphatic rings. The van der Waals surface area contributed by atoms with E-state index in [9.17, 15) is 19.4 Å². The summed E-state index contributed by atoms with van der Waals surface area (Å²) in [6, 6.07) is 14.1. The predicted molar refractivity (Wildman–Crippen MR) is 111 cm³/mol. The summed E-state index contributed by atoms with van der Waals surface area (Å²) in [5.74, 6) is -0.713. The minimum Gasteiger partial charge on any atom is -0.390 e. The standard InChI is InChI=1S/C21H22FN3O3S/c22-13-7-5-12(6-8-13)19-20(14-3-1-2-4-16(14)25-19)29-11-18(27)23-9-15-17(26)10-24-21(15)28/h1-8,15,17-18,23,25-27H,9-11H2,(H,24,28)/t15-,17+,18?/m0/s1. The first-order valence-corrected chi connectivity index (χ1v) is 10.4. The van der Waals surface area contributed by atoms with E-state index in [1.165, 1.54) is 23.9 Å². The Bertz CT molecular complexity index is 1010. The van der Waals surface area contributed by atoms with Crippen LogP contribution in [0.15, 0.2) is 53.4 Å². The number of rotatable bonds is 7.